The van der Waals surface area contributed by atoms with Crippen LogP contribution in [0.15, 0.2) is 42.2 Å². The molecule has 0 bridgehead atoms. The Hall–Kier alpha value is -2.15. The SMILES string of the molecule is CN(CCO)CC1CN(C(=O)C2=Cc3ccccc3OC=C2)CC1CO. The Morgan fingerprint density at radius 2 is 2.04 bits per heavy atom. The number of rotatable bonds is 6. The van der Waals surface area contributed by atoms with Crippen molar-refractivity contribution in [1.82, 2.24) is 9.80 Å². The molecule has 1 amide bonds. The van der Waals surface area contributed by atoms with Gasteiger partial charge in [0.15, 0.2) is 0 Å². The summed E-state index contributed by atoms with van der Waals surface area (Å²) in [5.41, 5.74) is 1.45. The molecule has 2 unspecified atom stereocenters. The Balaban J connectivity index is 1.73. The first kappa shape index (κ1) is 18.6. The van der Waals surface area contributed by atoms with E-state index in [1.807, 2.05) is 47.2 Å². The summed E-state index contributed by atoms with van der Waals surface area (Å²) in [5.74, 6) is 0.926. The van der Waals surface area contributed by atoms with E-state index in [2.05, 4.69) is 0 Å². The van der Waals surface area contributed by atoms with Crippen molar-refractivity contribution in [1.29, 1.82) is 0 Å². The summed E-state index contributed by atoms with van der Waals surface area (Å²) in [4.78, 5) is 16.8. The second-order valence-corrected chi connectivity index (χ2v) is 6.96. The van der Waals surface area contributed by atoms with Crippen LogP contribution in [-0.4, -0.2) is 72.4 Å². The van der Waals surface area contributed by atoms with Gasteiger partial charge in [-0.25, -0.2) is 0 Å². The molecule has 26 heavy (non-hydrogen) atoms. The minimum atomic E-state index is -0.0488. The number of aliphatic hydroxyl groups is 2. The Bertz CT molecular complexity index is 701. The highest BCUT2D eigenvalue weighted by Crippen LogP contribution is 2.28. The van der Waals surface area contributed by atoms with Crippen molar-refractivity contribution >= 4 is 12.0 Å². The number of fused-ring (bicyclic) bond motifs is 1. The average Bonchev–Trinajstić information content (AvgIpc) is 2.91. The molecule has 1 fully saturated rings. The van der Waals surface area contributed by atoms with E-state index >= 15 is 0 Å². The molecule has 140 valence electrons. The van der Waals surface area contributed by atoms with Crippen molar-refractivity contribution in [2.24, 2.45) is 11.8 Å². The molecule has 0 saturated carbocycles. The Kier molecular flexibility index (Phi) is 6.08. The lowest BCUT2D eigenvalue weighted by atomic mass is 9.96. The second kappa shape index (κ2) is 8.49. The van der Waals surface area contributed by atoms with Crippen LogP contribution in [-0.2, 0) is 4.79 Å². The Labute approximate surface area is 154 Å². The van der Waals surface area contributed by atoms with Crippen LogP contribution in [0.2, 0.25) is 0 Å². The summed E-state index contributed by atoms with van der Waals surface area (Å²) in [6, 6.07) is 7.60. The van der Waals surface area contributed by atoms with Crippen LogP contribution in [0.25, 0.3) is 6.08 Å². The molecule has 1 saturated heterocycles. The van der Waals surface area contributed by atoms with Gasteiger partial charge < -0.3 is 24.7 Å². The van der Waals surface area contributed by atoms with Gasteiger partial charge in [0.2, 0.25) is 0 Å². The third kappa shape index (κ3) is 4.15. The van der Waals surface area contributed by atoms with E-state index in [1.165, 1.54) is 0 Å². The van der Waals surface area contributed by atoms with Gasteiger partial charge in [-0.3, -0.25) is 4.79 Å². The fourth-order valence-corrected chi connectivity index (χ4v) is 3.60. The molecule has 0 aromatic heterocycles. The lowest BCUT2D eigenvalue weighted by Gasteiger charge is -2.23. The highest BCUT2D eigenvalue weighted by Gasteiger charge is 2.36. The van der Waals surface area contributed by atoms with Crippen LogP contribution in [0.3, 0.4) is 0 Å². The molecule has 2 aliphatic heterocycles. The van der Waals surface area contributed by atoms with Gasteiger partial charge >= 0.3 is 0 Å². The number of amides is 1. The number of aliphatic hydroxyl groups excluding tert-OH is 2. The monoisotopic (exact) mass is 358 g/mol. The maximum atomic E-state index is 13.0. The largest absolute Gasteiger partial charge is 0.464 e. The molecular weight excluding hydrogens is 332 g/mol. The molecule has 0 radical (unpaired) electrons. The van der Waals surface area contributed by atoms with E-state index in [1.54, 1.807) is 12.3 Å². The van der Waals surface area contributed by atoms with Crippen LogP contribution in [0, 0.1) is 11.8 Å². The van der Waals surface area contributed by atoms with E-state index in [9.17, 15) is 9.90 Å². The average molecular weight is 358 g/mol. The van der Waals surface area contributed by atoms with E-state index < -0.39 is 0 Å². The van der Waals surface area contributed by atoms with Crippen LogP contribution in [0.4, 0.5) is 0 Å². The summed E-state index contributed by atoms with van der Waals surface area (Å²) >= 11 is 0. The third-order valence-corrected chi connectivity index (χ3v) is 5.05. The van der Waals surface area contributed by atoms with E-state index in [0.29, 0.717) is 25.2 Å². The fourth-order valence-electron chi connectivity index (χ4n) is 3.60. The summed E-state index contributed by atoms with van der Waals surface area (Å²) in [6.45, 7) is 2.64. The van der Waals surface area contributed by atoms with Crippen LogP contribution >= 0.6 is 0 Å². The molecule has 6 heteroatoms. The highest BCUT2D eigenvalue weighted by atomic mass is 16.5. The summed E-state index contributed by atoms with van der Waals surface area (Å²) < 4.78 is 5.56. The first-order valence-electron chi connectivity index (χ1n) is 8.96. The molecule has 2 heterocycles. The lowest BCUT2D eigenvalue weighted by molar-refractivity contribution is -0.126. The quantitative estimate of drug-likeness (QED) is 0.793. The molecule has 0 spiro atoms. The first-order chi connectivity index (χ1) is 12.6. The van der Waals surface area contributed by atoms with Gasteiger partial charge in [-0.05, 0) is 31.2 Å². The highest BCUT2D eigenvalue weighted by molar-refractivity contribution is 6.01. The van der Waals surface area contributed by atoms with Gasteiger partial charge in [0, 0.05) is 49.8 Å². The molecule has 0 aliphatic carbocycles. The lowest BCUT2D eigenvalue weighted by Crippen LogP contribution is -2.33. The number of carbonyl (C=O) groups excluding carboxylic acids is 1. The van der Waals surface area contributed by atoms with Crippen LogP contribution in [0.5, 0.6) is 5.75 Å². The number of para-hydroxylation sites is 1. The molecule has 1 aromatic carbocycles. The fraction of sp³-hybridized carbons (Fsp3) is 0.450. The summed E-state index contributed by atoms with van der Waals surface area (Å²) in [7, 11) is 1.94. The van der Waals surface area contributed by atoms with Gasteiger partial charge in [-0.2, -0.15) is 0 Å². The number of carbonyl (C=O) groups is 1. The second-order valence-electron chi connectivity index (χ2n) is 6.96. The maximum Gasteiger partial charge on any atom is 0.254 e. The molecule has 2 N–H and O–H groups in total. The van der Waals surface area contributed by atoms with E-state index in [-0.39, 0.29) is 31.0 Å². The standard InChI is InChI=1S/C20H26N2O4/c1-21(7-8-23)11-17-12-22(13-18(17)14-24)20(25)16-6-9-26-19-5-3-2-4-15(19)10-16/h2-6,9-10,17-18,23-24H,7-8,11-14H2,1H3. The zero-order valence-electron chi connectivity index (χ0n) is 15.0. The van der Waals surface area contributed by atoms with Gasteiger partial charge in [0.05, 0.1) is 12.9 Å². The predicted molar refractivity (Wildman–Crippen MR) is 99.4 cm³/mol. The zero-order chi connectivity index (χ0) is 18.5. The van der Waals surface area contributed by atoms with Crippen molar-refractivity contribution in [2.75, 3.05) is 46.4 Å². The number of likely N-dealkylation sites (tertiary alicyclic amines) is 1. The van der Waals surface area contributed by atoms with Crippen molar-refractivity contribution < 1.29 is 19.7 Å². The normalized spacial score (nSPS) is 22.0. The van der Waals surface area contributed by atoms with E-state index in [0.717, 1.165) is 17.9 Å². The van der Waals surface area contributed by atoms with E-state index in [4.69, 9.17) is 9.84 Å². The molecular formula is C20H26N2O4. The Morgan fingerprint density at radius 3 is 2.81 bits per heavy atom. The molecule has 3 rings (SSSR count). The predicted octanol–water partition coefficient (Wildman–Crippen LogP) is 0.967. The van der Waals surface area contributed by atoms with Gasteiger partial charge in [-0.15, -0.1) is 0 Å². The third-order valence-electron chi connectivity index (χ3n) is 5.05. The number of benzene rings is 1. The number of likely N-dealkylation sites (N-methyl/N-ethyl adjacent to an activating group) is 1. The minimum Gasteiger partial charge on any atom is -0.464 e. The van der Waals surface area contributed by atoms with Crippen molar-refractivity contribution in [3.63, 3.8) is 0 Å². The molecule has 2 atom stereocenters. The van der Waals surface area contributed by atoms with Crippen molar-refractivity contribution in [3.8, 4) is 5.75 Å². The van der Waals surface area contributed by atoms with Gasteiger partial charge in [0.25, 0.3) is 5.91 Å². The Morgan fingerprint density at radius 1 is 1.27 bits per heavy atom. The first-order valence-corrected chi connectivity index (χ1v) is 8.96. The number of nitrogens with zero attached hydrogens (tertiary/aromatic N) is 2. The molecule has 6 nitrogen and oxygen atoms in total. The smallest absolute Gasteiger partial charge is 0.254 e. The minimum absolute atomic E-state index is 0.0488. The van der Waals surface area contributed by atoms with Gasteiger partial charge in [-0.1, -0.05) is 18.2 Å². The number of ether oxygens (including phenoxy) is 1. The van der Waals surface area contributed by atoms with Crippen LogP contribution in [0.1, 0.15) is 5.56 Å². The van der Waals surface area contributed by atoms with Crippen molar-refractivity contribution in [2.45, 2.75) is 0 Å². The number of hydrogen-bond donors (Lipinski definition) is 2. The molecule has 2 aliphatic rings. The topological polar surface area (TPSA) is 73.2 Å². The maximum absolute atomic E-state index is 13.0. The summed E-state index contributed by atoms with van der Waals surface area (Å²) in [5, 5.41) is 18.8. The van der Waals surface area contributed by atoms with Gasteiger partial charge in [0.1, 0.15) is 5.75 Å². The zero-order valence-corrected chi connectivity index (χ0v) is 15.0. The molecule has 1 aromatic rings. The van der Waals surface area contributed by atoms with Crippen molar-refractivity contribution in [3.05, 3.63) is 47.7 Å². The number of hydrogen-bond acceptors (Lipinski definition) is 5. The summed E-state index contributed by atoms with van der Waals surface area (Å²) in [6.07, 6.45) is 5.09. The van der Waals surface area contributed by atoms with Crippen LogP contribution < -0.4 is 4.74 Å².